The quantitative estimate of drug-likeness (QED) is 0.803. The molecule has 0 unspecified atom stereocenters. The van der Waals surface area contributed by atoms with Gasteiger partial charge in [-0.1, -0.05) is 0 Å². The normalized spacial score (nSPS) is 22.1. The highest BCUT2D eigenvalue weighted by Crippen LogP contribution is 2.30. The molecule has 5 heteroatoms. The average molecular weight is 231 g/mol. The van der Waals surface area contributed by atoms with Crippen molar-refractivity contribution in [1.82, 2.24) is 15.3 Å². The van der Waals surface area contributed by atoms with E-state index in [1.54, 1.807) is 0 Å². The van der Waals surface area contributed by atoms with Crippen LogP contribution in [0.25, 0.3) is 0 Å². The smallest absolute Gasteiger partial charge is 0.227 e. The summed E-state index contributed by atoms with van der Waals surface area (Å²) >= 11 is 0. The Hall–Kier alpha value is -1.36. The first-order chi connectivity index (χ1) is 8.42. The molecule has 5 nitrogen and oxygen atoms in total. The molecule has 0 spiro atoms. The van der Waals surface area contributed by atoms with Gasteiger partial charge < -0.3 is 15.1 Å². The highest BCUT2D eigenvalue weighted by molar-refractivity contribution is 5.56. The maximum Gasteiger partial charge on any atom is 0.227 e. The fourth-order valence-corrected chi connectivity index (χ4v) is 2.58. The first kappa shape index (κ1) is 9.65. The van der Waals surface area contributed by atoms with Crippen LogP contribution in [-0.4, -0.2) is 36.1 Å². The Morgan fingerprint density at radius 3 is 2.29 bits per heavy atom. The number of hydrogen-bond acceptors (Lipinski definition) is 5. The third kappa shape index (κ3) is 1.42. The van der Waals surface area contributed by atoms with Crippen molar-refractivity contribution in [1.29, 1.82) is 0 Å². The summed E-state index contributed by atoms with van der Waals surface area (Å²) < 4.78 is 0. The Balaban J connectivity index is 1.77. The molecular weight excluding hydrogens is 214 g/mol. The van der Waals surface area contributed by atoms with Crippen LogP contribution in [0, 0.1) is 0 Å². The van der Waals surface area contributed by atoms with E-state index in [9.17, 15) is 0 Å². The van der Waals surface area contributed by atoms with E-state index >= 15 is 0 Å². The Kier molecular flexibility index (Phi) is 2.02. The van der Waals surface area contributed by atoms with Crippen molar-refractivity contribution < 1.29 is 0 Å². The molecule has 17 heavy (non-hydrogen) atoms. The van der Waals surface area contributed by atoms with Crippen LogP contribution in [0.3, 0.4) is 0 Å². The van der Waals surface area contributed by atoms with E-state index in [2.05, 4.69) is 15.1 Å². The Morgan fingerprint density at radius 1 is 0.882 bits per heavy atom. The molecule has 1 aromatic rings. The van der Waals surface area contributed by atoms with Crippen LogP contribution in [-0.2, 0) is 13.1 Å². The van der Waals surface area contributed by atoms with Crippen LogP contribution in [0.4, 0.5) is 11.8 Å². The minimum absolute atomic E-state index is 0.902. The van der Waals surface area contributed by atoms with Gasteiger partial charge in [0.25, 0.3) is 0 Å². The molecule has 4 heterocycles. The lowest BCUT2D eigenvalue weighted by Gasteiger charge is -2.36. The van der Waals surface area contributed by atoms with E-state index in [1.165, 1.54) is 29.9 Å². The van der Waals surface area contributed by atoms with Crippen LogP contribution < -0.4 is 15.1 Å². The summed E-state index contributed by atoms with van der Waals surface area (Å²) in [6, 6.07) is 0. The topological polar surface area (TPSA) is 44.3 Å². The van der Waals surface area contributed by atoms with Gasteiger partial charge in [0.1, 0.15) is 5.82 Å². The fourth-order valence-electron chi connectivity index (χ4n) is 2.58. The number of hydrogen-bond donors (Lipinski definition) is 1. The molecule has 1 aromatic heterocycles. The Bertz CT molecular complexity index is 450. The molecule has 0 saturated carbocycles. The predicted octanol–water partition coefficient (Wildman–Crippen LogP) is 0.500. The zero-order chi connectivity index (χ0) is 11.2. The lowest BCUT2D eigenvalue weighted by Crippen LogP contribution is -2.41. The molecule has 0 radical (unpaired) electrons. The van der Waals surface area contributed by atoms with E-state index in [-0.39, 0.29) is 0 Å². The second-order valence-corrected chi connectivity index (χ2v) is 5.06. The van der Waals surface area contributed by atoms with Crippen molar-refractivity contribution in [3.05, 3.63) is 11.3 Å². The highest BCUT2D eigenvalue weighted by atomic mass is 15.3. The van der Waals surface area contributed by atoms with Crippen LogP contribution in [0.2, 0.25) is 0 Å². The molecule has 0 amide bonds. The van der Waals surface area contributed by atoms with Gasteiger partial charge in [-0.15, -0.1) is 0 Å². The summed E-state index contributed by atoms with van der Waals surface area (Å²) in [4.78, 5) is 14.2. The third-order valence-electron chi connectivity index (χ3n) is 3.95. The van der Waals surface area contributed by atoms with Gasteiger partial charge in [-0.2, -0.15) is 4.98 Å². The summed E-state index contributed by atoms with van der Waals surface area (Å²) in [5, 5.41) is 3.39. The molecule has 90 valence electrons. The van der Waals surface area contributed by atoms with E-state index in [4.69, 9.17) is 9.97 Å². The minimum atomic E-state index is 0.902. The molecule has 4 rings (SSSR count). The predicted molar refractivity (Wildman–Crippen MR) is 66.2 cm³/mol. The second-order valence-electron chi connectivity index (χ2n) is 5.06. The maximum absolute atomic E-state index is 4.79. The van der Waals surface area contributed by atoms with Crippen LogP contribution in [0.1, 0.15) is 24.1 Å². The molecular formula is C12H17N5. The zero-order valence-corrected chi connectivity index (χ0v) is 9.95. The summed E-state index contributed by atoms with van der Waals surface area (Å²) in [7, 11) is 0. The number of rotatable bonds is 2. The molecule has 0 atom stereocenters. The van der Waals surface area contributed by atoms with Gasteiger partial charge in [0.15, 0.2) is 0 Å². The molecule has 3 aliphatic heterocycles. The fraction of sp³-hybridized carbons (Fsp3) is 0.667. The van der Waals surface area contributed by atoms with Gasteiger partial charge in [-0.05, 0) is 12.8 Å². The third-order valence-corrected chi connectivity index (χ3v) is 3.95. The van der Waals surface area contributed by atoms with Gasteiger partial charge >= 0.3 is 0 Å². The van der Waals surface area contributed by atoms with Crippen molar-refractivity contribution in [2.75, 3.05) is 36.0 Å². The zero-order valence-electron chi connectivity index (χ0n) is 9.95. The van der Waals surface area contributed by atoms with Crippen LogP contribution in [0.5, 0.6) is 0 Å². The Labute approximate surface area is 101 Å². The van der Waals surface area contributed by atoms with Crippen molar-refractivity contribution in [2.45, 2.75) is 25.9 Å². The van der Waals surface area contributed by atoms with Crippen molar-refractivity contribution in [3.8, 4) is 0 Å². The number of nitrogens with one attached hydrogen (secondary N) is 1. The lowest BCUT2D eigenvalue weighted by molar-refractivity contribution is 0.585. The van der Waals surface area contributed by atoms with Gasteiger partial charge in [-0.3, -0.25) is 0 Å². The number of anilines is 2. The van der Waals surface area contributed by atoms with E-state index < -0.39 is 0 Å². The number of fused-ring (bicyclic) bond motifs is 1. The van der Waals surface area contributed by atoms with Gasteiger partial charge in [0, 0.05) is 44.8 Å². The van der Waals surface area contributed by atoms with Gasteiger partial charge in [0.2, 0.25) is 5.95 Å². The molecule has 2 saturated heterocycles. The SMILES string of the molecule is C1CN(c2nc3c(c(N4CCC4)n2)CNC3)C1. The Morgan fingerprint density at radius 2 is 1.65 bits per heavy atom. The summed E-state index contributed by atoms with van der Waals surface area (Å²) in [5.74, 6) is 2.13. The summed E-state index contributed by atoms with van der Waals surface area (Å²) in [5.41, 5.74) is 2.54. The standard InChI is InChI=1S/C12H17N5/c1-3-16(4-1)11-9-7-13-8-10(9)14-12(15-11)17-5-2-6-17/h13H,1-8H2. The van der Waals surface area contributed by atoms with Crippen molar-refractivity contribution >= 4 is 11.8 Å². The molecule has 0 aliphatic carbocycles. The van der Waals surface area contributed by atoms with E-state index in [1.807, 2.05) is 0 Å². The van der Waals surface area contributed by atoms with Crippen LogP contribution in [0.15, 0.2) is 0 Å². The van der Waals surface area contributed by atoms with E-state index in [0.29, 0.717) is 0 Å². The monoisotopic (exact) mass is 231 g/mol. The largest absolute Gasteiger partial charge is 0.356 e. The lowest BCUT2D eigenvalue weighted by atomic mass is 10.1. The first-order valence-electron chi connectivity index (χ1n) is 6.52. The molecule has 1 N–H and O–H groups in total. The van der Waals surface area contributed by atoms with Crippen LogP contribution >= 0.6 is 0 Å². The summed E-state index contributed by atoms with van der Waals surface area (Å²) in [6.45, 7) is 6.38. The van der Waals surface area contributed by atoms with Gasteiger partial charge in [-0.25, -0.2) is 4.98 Å². The molecule has 2 fully saturated rings. The highest BCUT2D eigenvalue weighted by Gasteiger charge is 2.28. The molecule has 3 aliphatic rings. The number of aromatic nitrogens is 2. The second kappa shape index (κ2) is 3.57. The first-order valence-corrected chi connectivity index (χ1v) is 6.52. The maximum atomic E-state index is 4.79. The number of nitrogens with zero attached hydrogens (tertiary/aromatic N) is 4. The molecule has 0 aromatic carbocycles. The van der Waals surface area contributed by atoms with Crippen molar-refractivity contribution in [3.63, 3.8) is 0 Å². The van der Waals surface area contributed by atoms with Gasteiger partial charge in [0.05, 0.1) is 5.69 Å². The summed E-state index contributed by atoms with van der Waals surface area (Å²) in [6.07, 6.45) is 2.57. The van der Waals surface area contributed by atoms with Crippen molar-refractivity contribution in [2.24, 2.45) is 0 Å². The van der Waals surface area contributed by atoms with E-state index in [0.717, 1.165) is 45.2 Å². The minimum Gasteiger partial charge on any atom is -0.356 e. The average Bonchev–Trinajstić information content (AvgIpc) is 2.59. The molecule has 0 bridgehead atoms.